The summed E-state index contributed by atoms with van der Waals surface area (Å²) in [4.78, 5) is 25.4. The number of aromatic nitrogens is 2. The van der Waals surface area contributed by atoms with Crippen molar-refractivity contribution < 1.29 is 19.4 Å². The van der Waals surface area contributed by atoms with Crippen molar-refractivity contribution in [3.63, 3.8) is 0 Å². The third-order valence-electron chi connectivity index (χ3n) is 7.65. The fraction of sp³-hybridized carbons (Fsp3) is 0.522. The lowest BCUT2D eigenvalue weighted by Crippen LogP contribution is -2.63. The van der Waals surface area contributed by atoms with E-state index in [0.29, 0.717) is 55.4 Å². The van der Waals surface area contributed by atoms with E-state index in [9.17, 15) is 14.7 Å². The van der Waals surface area contributed by atoms with Crippen LogP contribution in [0.1, 0.15) is 38.5 Å². The van der Waals surface area contributed by atoms with Gasteiger partial charge in [-0.3, -0.25) is 4.79 Å². The second-order valence-electron chi connectivity index (χ2n) is 9.83. The molecule has 7 rings (SSSR count). The first-order chi connectivity index (χ1) is 15.4. The number of nitrogens with one attached hydrogen (secondary N) is 1. The molecule has 4 fully saturated rings. The molecule has 4 atom stereocenters. The van der Waals surface area contributed by atoms with Crippen molar-refractivity contribution >= 4 is 28.9 Å². The normalized spacial score (nSPS) is 32.0. The molecule has 4 bridgehead atoms. The SMILES string of the molecule is O=C([O-])C12C[C@H]3C[C@@H](C1)CC(n1ncc(Nc4ccc5c(c4)OCCO5)c(Cl)c1=O)(C3)C2. The molecule has 5 aliphatic rings. The van der Waals surface area contributed by atoms with Crippen LogP contribution in [-0.4, -0.2) is 29.0 Å². The lowest BCUT2D eigenvalue weighted by atomic mass is 9.47. The van der Waals surface area contributed by atoms with Crippen LogP contribution >= 0.6 is 11.6 Å². The number of carboxylic acid groups (broad SMARTS) is 1. The number of ether oxygens (including phenoxy) is 2. The van der Waals surface area contributed by atoms with Gasteiger partial charge >= 0.3 is 0 Å². The number of carboxylic acids is 1. The zero-order valence-electron chi connectivity index (χ0n) is 17.4. The number of carbonyl (C=O) groups excluding carboxylic acids is 1. The molecule has 1 N–H and O–H groups in total. The molecule has 168 valence electrons. The van der Waals surface area contributed by atoms with Gasteiger partial charge in [-0.25, -0.2) is 4.68 Å². The summed E-state index contributed by atoms with van der Waals surface area (Å²) in [6.07, 6.45) is 5.74. The maximum absolute atomic E-state index is 13.3. The highest BCUT2D eigenvalue weighted by Crippen LogP contribution is 2.63. The topological polar surface area (TPSA) is 106 Å². The minimum Gasteiger partial charge on any atom is -0.550 e. The van der Waals surface area contributed by atoms with E-state index in [2.05, 4.69) is 10.4 Å². The summed E-state index contributed by atoms with van der Waals surface area (Å²) in [5.74, 6) is 0.853. The van der Waals surface area contributed by atoms with E-state index in [0.717, 1.165) is 19.3 Å². The Labute approximate surface area is 189 Å². The lowest BCUT2D eigenvalue weighted by molar-refractivity contribution is -0.329. The predicted molar refractivity (Wildman–Crippen MR) is 114 cm³/mol. The van der Waals surface area contributed by atoms with Gasteiger partial charge in [-0.2, -0.15) is 5.10 Å². The number of fused-ring (bicyclic) bond motifs is 1. The van der Waals surface area contributed by atoms with E-state index in [1.54, 1.807) is 18.3 Å². The predicted octanol–water partition coefficient (Wildman–Crippen LogP) is 2.46. The Hall–Kier alpha value is -2.74. The molecule has 1 aliphatic heterocycles. The van der Waals surface area contributed by atoms with Crippen LogP contribution in [0.5, 0.6) is 11.5 Å². The van der Waals surface area contributed by atoms with Crippen LogP contribution in [-0.2, 0) is 10.3 Å². The largest absolute Gasteiger partial charge is 0.550 e. The van der Waals surface area contributed by atoms with Gasteiger partial charge < -0.3 is 24.7 Å². The number of benzene rings is 1. The van der Waals surface area contributed by atoms with Gasteiger partial charge in [-0.1, -0.05) is 11.6 Å². The summed E-state index contributed by atoms with van der Waals surface area (Å²) in [6, 6.07) is 5.41. The van der Waals surface area contributed by atoms with Gasteiger partial charge in [0.15, 0.2) is 11.5 Å². The minimum absolute atomic E-state index is 0.0353. The fourth-order valence-corrected chi connectivity index (χ4v) is 7.01. The first-order valence-electron chi connectivity index (χ1n) is 11.0. The summed E-state index contributed by atoms with van der Waals surface area (Å²) in [6.45, 7) is 0.989. The van der Waals surface area contributed by atoms with E-state index < -0.39 is 22.5 Å². The van der Waals surface area contributed by atoms with Crippen LogP contribution in [0.3, 0.4) is 0 Å². The van der Waals surface area contributed by atoms with Gasteiger partial charge in [0.25, 0.3) is 5.56 Å². The van der Waals surface area contributed by atoms with Gasteiger partial charge in [0.2, 0.25) is 0 Å². The van der Waals surface area contributed by atoms with E-state index in [4.69, 9.17) is 21.1 Å². The molecule has 4 aliphatic carbocycles. The van der Waals surface area contributed by atoms with Crippen molar-refractivity contribution in [2.24, 2.45) is 17.3 Å². The van der Waals surface area contributed by atoms with E-state index in [1.807, 2.05) is 6.07 Å². The van der Waals surface area contributed by atoms with E-state index in [-0.39, 0.29) is 16.9 Å². The third-order valence-corrected chi connectivity index (χ3v) is 8.02. The number of aliphatic carboxylic acids is 1. The molecule has 2 unspecified atom stereocenters. The maximum Gasteiger partial charge on any atom is 0.288 e. The van der Waals surface area contributed by atoms with Gasteiger partial charge in [0.1, 0.15) is 18.2 Å². The van der Waals surface area contributed by atoms with E-state index in [1.165, 1.54) is 4.68 Å². The highest BCUT2D eigenvalue weighted by Gasteiger charge is 2.60. The van der Waals surface area contributed by atoms with Crippen LogP contribution in [0.2, 0.25) is 5.02 Å². The summed E-state index contributed by atoms with van der Waals surface area (Å²) < 4.78 is 12.6. The summed E-state index contributed by atoms with van der Waals surface area (Å²) in [5, 5.41) is 19.7. The first-order valence-corrected chi connectivity index (χ1v) is 11.4. The molecule has 1 aromatic carbocycles. The van der Waals surface area contributed by atoms with Gasteiger partial charge in [0.05, 0.1) is 17.4 Å². The lowest BCUT2D eigenvalue weighted by Gasteiger charge is -2.62. The van der Waals surface area contributed by atoms with Gasteiger partial charge in [-0.05, 0) is 62.5 Å². The first kappa shape index (κ1) is 19.9. The van der Waals surface area contributed by atoms with Crippen LogP contribution < -0.4 is 25.5 Å². The Morgan fingerprint density at radius 3 is 2.59 bits per heavy atom. The quantitative estimate of drug-likeness (QED) is 0.753. The molecule has 2 heterocycles. The monoisotopic (exact) mass is 456 g/mol. The highest BCUT2D eigenvalue weighted by atomic mass is 35.5. The second kappa shape index (κ2) is 6.88. The van der Waals surface area contributed by atoms with Crippen molar-refractivity contribution in [1.29, 1.82) is 0 Å². The number of nitrogens with zero attached hydrogens (tertiary/aromatic N) is 2. The number of halogens is 1. The molecule has 2 aromatic rings. The molecule has 1 aromatic heterocycles. The Morgan fingerprint density at radius 1 is 1.16 bits per heavy atom. The van der Waals surface area contributed by atoms with Gasteiger partial charge in [0, 0.05) is 23.1 Å². The number of rotatable bonds is 4. The number of carbonyl (C=O) groups is 1. The Balaban J connectivity index is 1.34. The van der Waals surface area contributed by atoms with Crippen LogP contribution in [0, 0.1) is 17.3 Å². The molecule has 0 saturated heterocycles. The Morgan fingerprint density at radius 2 is 1.88 bits per heavy atom. The standard InChI is InChI=1S/C23H24ClN3O5/c24-19-16(26-15-1-2-17-18(6-15)32-4-3-31-17)11-25-27(20(19)28)23-9-13-5-14(10-23)8-22(7-13,12-23)21(29)30/h1-2,6,11,13-14,26H,3-5,7-10,12H2,(H,29,30)/p-1/t13-,14+,22?,23?. The molecule has 0 amide bonds. The van der Waals surface area contributed by atoms with Crippen LogP contribution in [0.4, 0.5) is 11.4 Å². The number of hydrogen-bond donors (Lipinski definition) is 1. The average molecular weight is 457 g/mol. The molecular weight excluding hydrogens is 434 g/mol. The van der Waals surface area contributed by atoms with Crippen LogP contribution in [0.25, 0.3) is 0 Å². The summed E-state index contributed by atoms with van der Waals surface area (Å²) >= 11 is 6.51. The number of anilines is 2. The summed E-state index contributed by atoms with van der Waals surface area (Å²) in [7, 11) is 0. The smallest absolute Gasteiger partial charge is 0.288 e. The van der Waals surface area contributed by atoms with Crippen molar-refractivity contribution in [1.82, 2.24) is 9.78 Å². The van der Waals surface area contributed by atoms with Crippen molar-refractivity contribution in [3.05, 3.63) is 39.8 Å². The van der Waals surface area contributed by atoms with Crippen molar-refractivity contribution in [2.45, 2.75) is 44.1 Å². The Kier molecular flexibility index (Phi) is 4.28. The Bertz CT molecular complexity index is 1160. The zero-order valence-corrected chi connectivity index (χ0v) is 18.2. The maximum atomic E-state index is 13.3. The number of hydrogen-bond acceptors (Lipinski definition) is 7. The van der Waals surface area contributed by atoms with Gasteiger partial charge in [-0.15, -0.1) is 0 Å². The second-order valence-corrected chi connectivity index (χ2v) is 10.2. The highest BCUT2D eigenvalue weighted by molar-refractivity contribution is 6.33. The molecule has 8 nitrogen and oxygen atoms in total. The molecule has 0 radical (unpaired) electrons. The molecule has 0 spiro atoms. The molecule has 32 heavy (non-hydrogen) atoms. The average Bonchev–Trinajstić information content (AvgIpc) is 2.76. The molecular formula is C23H23ClN3O5-. The zero-order chi connectivity index (χ0) is 22.1. The minimum atomic E-state index is -0.994. The van der Waals surface area contributed by atoms with Crippen molar-refractivity contribution in [3.8, 4) is 11.5 Å². The fourth-order valence-electron chi connectivity index (χ4n) is 6.84. The summed E-state index contributed by atoms with van der Waals surface area (Å²) in [5.41, 5.74) is -0.783. The van der Waals surface area contributed by atoms with E-state index >= 15 is 0 Å². The third kappa shape index (κ3) is 2.92. The molecule has 9 heteroatoms. The van der Waals surface area contributed by atoms with Crippen LogP contribution in [0.15, 0.2) is 29.2 Å². The molecule has 4 saturated carbocycles. The van der Waals surface area contributed by atoms with Crippen molar-refractivity contribution in [2.75, 3.05) is 18.5 Å².